The van der Waals surface area contributed by atoms with Crippen LogP contribution < -0.4 is 5.73 Å². The van der Waals surface area contributed by atoms with Crippen LogP contribution in [0, 0.1) is 0 Å². The molecule has 1 fully saturated rings. The summed E-state index contributed by atoms with van der Waals surface area (Å²) in [6.45, 7) is 5.22. The van der Waals surface area contributed by atoms with Gasteiger partial charge in [0.1, 0.15) is 6.54 Å². The van der Waals surface area contributed by atoms with Gasteiger partial charge in [-0.3, -0.25) is 4.79 Å². The molecule has 0 aliphatic carbocycles. The van der Waals surface area contributed by atoms with Crippen molar-refractivity contribution in [3.8, 4) is 0 Å². The van der Waals surface area contributed by atoms with Crippen LogP contribution in [0.2, 0.25) is 0 Å². The van der Waals surface area contributed by atoms with Crippen LogP contribution in [-0.2, 0) is 11.3 Å². The molecule has 0 atom stereocenters. The van der Waals surface area contributed by atoms with Crippen molar-refractivity contribution in [2.45, 2.75) is 13.5 Å². The topological polar surface area (TPSA) is 61.9 Å². The minimum absolute atomic E-state index is 0.0145. The van der Waals surface area contributed by atoms with E-state index in [2.05, 4.69) is 9.89 Å². The summed E-state index contributed by atoms with van der Waals surface area (Å²) in [5, 5.41) is 0. The van der Waals surface area contributed by atoms with Crippen LogP contribution in [0.1, 0.15) is 12.5 Å². The van der Waals surface area contributed by atoms with Crippen molar-refractivity contribution in [2.24, 2.45) is 10.7 Å². The van der Waals surface area contributed by atoms with Gasteiger partial charge >= 0.3 is 0 Å². The first kappa shape index (κ1) is 16.7. The maximum absolute atomic E-state index is 12.3. The molecule has 1 aliphatic heterocycles. The second kappa shape index (κ2) is 8.68. The van der Waals surface area contributed by atoms with E-state index < -0.39 is 0 Å². The van der Waals surface area contributed by atoms with Crippen molar-refractivity contribution in [1.29, 1.82) is 0 Å². The fourth-order valence-electron chi connectivity index (χ4n) is 2.32. The number of nitrogens with zero attached hydrogens (tertiary/aromatic N) is 3. The van der Waals surface area contributed by atoms with Crippen LogP contribution in [0.25, 0.3) is 0 Å². The van der Waals surface area contributed by atoms with Gasteiger partial charge in [-0.2, -0.15) is 11.8 Å². The van der Waals surface area contributed by atoms with Gasteiger partial charge in [0.2, 0.25) is 5.91 Å². The Morgan fingerprint density at radius 2 is 2.00 bits per heavy atom. The monoisotopic (exact) mass is 320 g/mol. The predicted molar refractivity (Wildman–Crippen MR) is 92.9 cm³/mol. The predicted octanol–water partition coefficient (Wildman–Crippen LogP) is 1.40. The van der Waals surface area contributed by atoms with Crippen LogP contribution in [0.3, 0.4) is 0 Å². The van der Waals surface area contributed by atoms with Crippen LogP contribution in [0.15, 0.2) is 35.3 Å². The summed E-state index contributed by atoms with van der Waals surface area (Å²) in [6, 6.07) is 10.00. The molecular weight excluding hydrogens is 296 g/mol. The highest BCUT2D eigenvalue weighted by atomic mass is 32.2. The van der Waals surface area contributed by atoms with Gasteiger partial charge in [-0.25, -0.2) is 4.99 Å². The summed E-state index contributed by atoms with van der Waals surface area (Å²) in [5.41, 5.74) is 7.11. The number of thioether (sulfide) groups is 1. The third kappa shape index (κ3) is 4.94. The largest absolute Gasteiger partial charge is 0.370 e. The number of aliphatic imine (C=N–C) groups is 1. The minimum Gasteiger partial charge on any atom is -0.370 e. The molecule has 22 heavy (non-hydrogen) atoms. The average molecular weight is 320 g/mol. The Kier molecular flexibility index (Phi) is 6.58. The Labute approximate surface area is 136 Å². The number of benzene rings is 1. The first-order valence-electron chi connectivity index (χ1n) is 7.65. The van der Waals surface area contributed by atoms with Crippen molar-refractivity contribution >= 4 is 23.6 Å². The Bertz CT molecular complexity index is 500. The number of hydrogen-bond donors (Lipinski definition) is 1. The first-order valence-corrected chi connectivity index (χ1v) is 8.80. The Hall–Kier alpha value is -1.69. The molecule has 0 radical (unpaired) electrons. The molecule has 0 aromatic heterocycles. The first-order chi connectivity index (χ1) is 10.7. The van der Waals surface area contributed by atoms with E-state index >= 15 is 0 Å². The zero-order valence-electron chi connectivity index (χ0n) is 13.1. The Morgan fingerprint density at radius 1 is 1.32 bits per heavy atom. The van der Waals surface area contributed by atoms with Gasteiger partial charge in [0, 0.05) is 37.7 Å². The zero-order chi connectivity index (χ0) is 15.8. The van der Waals surface area contributed by atoms with E-state index in [1.54, 1.807) is 4.90 Å². The molecule has 0 saturated carbocycles. The van der Waals surface area contributed by atoms with Gasteiger partial charge in [-0.1, -0.05) is 30.3 Å². The molecular formula is C16H24N4OS. The summed E-state index contributed by atoms with van der Waals surface area (Å²) >= 11 is 1.92. The molecule has 1 saturated heterocycles. The zero-order valence-corrected chi connectivity index (χ0v) is 13.9. The second-order valence-electron chi connectivity index (χ2n) is 5.17. The van der Waals surface area contributed by atoms with E-state index in [4.69, 9.17) is 5.73 Å². The van der Waals surface area contributed by atoms with Gasteiger partial charge in [0.15, 0.2) is 5.96 Å². The average Bonchev–Trinajstić information content (AvgIpc) is 2.59. The highest BCUT2D eigenvalue weighted by Gasteiger charge is 2.15. The fourth-order valence-corrected chi connectivity index (χ4v) is 3.22. The highest BCUT2D eigenvalue weighted by Crippen LogP contribution is 2.09. The number of amides is 1. The molecule has 120 valence electrons. The second-order valence-corrected chi connectivity index (χ2v) is 6.39. The van der Waals surface area contributed by atoms with Gasteiger partial charge < -0.3 is 15.5 Å². The van der Waals surface area contributed by atoms with Gasteiger partial charge in [0.25, 0.3) is 0 Å². The molecule has 0 unspecified atom stereocenters. The third-order valence-electron chi connectivity index (χ3n) is 3.66. The number of carbonyl (C=O) groups excluding carboxylic acids is 1. The third-order valence-corrected chi connectivity index (χ3v) is 4.60. The number of guanidine groups is 1. The Morgan fingerprint density at radius 3 is 2.64 bits per heavy atom. The molecule has 6 heteroatoms. The normalized spacial score (nSPS) is 15.7. The van der Waals surface area contributed by atoms with Crippen LogP contribution in [0.4, 0.5) is 0 Å². The summed E-state index contributed by atoms with van der Waals surface area (Å²) in [4.78, 5) is 20.4. The summed E-state index contributed by atoms with van der Waals surface area (Å²) in [6.07, 6.45) is 0. The molecule has 1 aliphatic rings. The summed E-state index contributed by atoms with van der Waals surface area (Å²) < 4.78 is 0. The van der Waals surface area contributed by atoms with E-state index in [1.165, 1.54) is 0 Å². The number of nitrogens with two attached hydrogens (primary N) is 1. The molecule has 0 bridgehead atoms. The highest BCUT2D eigenvalue weighted by molar-refractivity contribution is 7.99. The fraction of sp³-hybridized carbons (Fsp3) is 0.500. The van der Waals surface area contributed by atoms with Gasteiger partial charge in [-0.05, 0) is 12.5 Å². The lowest BCUT2D eigenvalue weighted by Crippen LogP contribution is -2.43. The maximum Gasteiger partial charge on any atom is 0.244 e. The molecule has 5 nitrogen and oxygen atoms in total. The maximum atomic E-state index is 12.3. The van der Waals surface area contributed by atoms with Crippen molar-refractivity contribution in [3.05, 3.63) is 35.9 Å². The summed E-state index contributed by atoms with van der Waals surface area (Å²) in [5.74, 6) is 2.64. The lowest BCUT2D eigenvalue weighted by Gasteiger charge is -2.27. The van der Waals surface area contributed by atoms with Crippen LogP contribution >= 0.6 is 11.8 Å². The molecule has 1 aromatic carbocycles. The van der Waals surface area contributed by atoms with Crippen molar-refractivity contribution in [3.63, 3.8) is 0 Å². The van der Waals surface area contributed by atoms with E-state index in [0.29, 0.717) is 19.0 Å². The van der Waals surface area contributed by atoms with Crippen molar-refractivity contribution in [1.82, 2.24) is 9.80 Å². The molecule has 1 amide bonds. The van der Waals surface area contributed by atoms with E-state index in [-0.39, 0.29) is 12.5 Å². The van der Waals surface area contributed by atoms with Crippen LogP contribution in [0.5, 0.6) is 0 Å². The number of likely N-dealkylation sites (N-methyl/N-ethyl adjacent to an activating group) is 1. The van der Waals surface area contributed by atoms with Crippen LogP contribution in [-0.4, -0.2) is 59.4 Å². The van der Waals surface area contributed by atoms with Gasteiger partial charge in [-0.15, -0.1) is 0 Å². The van der Waals surface area contributed by atoms with E-state index in [0.717, 1.165) is 30.2 Å². The van der Waals surface area contributed by atoms with Crippen molar-refractivity contribution in [2.75, 3.05) is 37.7 Å². The molecule has 2 rings (SSSR count). The number of carbonyl (C=O) groups is 1. The SMILES string of the molecule is CCN(Cc1ccccc1)C(=O)CN=C(N)N1CCSCC1. The molecule has 1 aromatic rings. The van der Waals surface area contributed by atoms with E-state index in [9.17, 15) is 4.79 Å². The quantitative estimate of drug-likeness (QED) is 0.658. The molecule has 1 heterocycles. The molecule has 0 spiro atoms. The number of hydrogen-bond acceptors (Lipinski definition) is 3. The lowest BCUT2D eigenvalue weighted by atomic mass is 10.2. The smallest absolute Gasteiger partial charge is 0.244 e. The minimum atomic E-state index is 0.0145. The standard InChI is InChI=1S/C16H24N4OS/c1-2-19(13-14-6-4-3-5-7-14)15(21)12-18-16(17)20-8-10-22-11-9-20/h3-7H,2,8-13H2,1H3,(H2,17,18). The number of rotatable bonds is 5. The summed E-state index contributed by atoms with van der Waals surface area (Å²) in [7, 11) is 0. The Balaban J connectivity index is 1.88. The lowest BCUT2D eigenvalue weighted by molar-refractivity contribution is -0.130. The van der Waals surface area contributed by atoms with Crippen molar-refractivity contribution < 1.29 is 4.79 Å². The molecule has 2 N–H and O–H groups in total. The van der Waals surface area contributed by atoms with Gasteiger partial charge in [0.05, 0.1) is 0 Å². The van der Waals surface area contributed by atoms with E-state index in [1.807, 2.05) is 49.0 Å².